The molecule has 0 aliphatic heterocycles. The van der Waals surface area contributed by atoms with E-state index in [0.717, 1.165) is 0 Å². The standard InChI is InChI=1S/C7H15NO2S/c1-6(2)5-11(9,10)8-7(3)4/h7-8H,1,5H2,2-4H3. The first-order chi connectivity index (χ1) is 4.83. The van der Waals surface area contributed by atoms with Crippen LogP contribution in [0.15, 0.2) is 12.2 Å². The Bertz CT molecular complexity index is 229. The SMILES string of the molecule is C=C(C)CS(=O)(=O)NC(C)C. The Kier molecular flexibility index (Phi) is 3.75. The first-order valence-electron chi connectivity index (χ1n) is 3.48. The second-order valence-electron chi connectivity index (χ2n) is 2.99. The zero-order valence-electron chi connectivity index (χ0n) is 7.22. The molecule has 1 N–H and O–H groups in total. The quantitative estimate of drug-likeness (QED) is 0.648. The van der Waals surface area contributed by atoms with Crippen molar-refractivity contribution in [1.29, 1.82) is 0 Å². The van der Waals surface area contributed by atoms with Crippen LogP contribution in [-0.2, 0) is 10.0 Å². The van der Waals surface area contributed by atoms with Crippen molar-refractivity contribution in [3.8, 4) is 0 Å². The van der Waals surface area contributed by atoms with Crippen molar-refractivity contribution < 1.29 is 8.42 Å². The second kappa shape index (κ2) is 3.88. The maximum absolute atomic E-state index is 11.1. The van der Waals surface area contributed by atoms with Gasteiger partial charge < -0.3 is 0 Å². The minimum atomic E-state index is -3.13. The Morgan fingerprint density at radius 2 is 2.00 bits per heavy atom. The second-order valence-corrected chi connectivity index (χ2v) is 4.74. The van der Waals surface area contributed by atoms with E-state index in [9.17, 15) is 8.42 Å². The highest BCUT2D eigenvalue weighted by Crippen LogP contribution is 1.95. The Balaban J connectivity index is 4.14. The summed E-state index contributed by atoms with van der Waals surface area (Å²) in [7, 11) is -3.13. The summed E-state index contributed by atoms with van der Waals surface area (Å²) in [6, 6.07) is -0.0423. The van der Waals surface area contributed by atoms with E-state index in [4.69, 9.17) is 0 Å². The van der Waals surface area contributed by atoms with Gasteiger partial charge in [-0.05, 0) is 20.8 Å². The van der Waals surface area contributed by atoms with Gasteiger partial charge in [0.2, 0.25) is 10.0 Å². The molecule has 0 saturated carbocycles. The zero-order chi connectivity index (χ0) is 9.07. The maximum Gasteiger partial charge on any atom is 0.215 e. The fraction of sp³-hybridized carbons (Fsp3) is 0.714. The first kappa shape index (κ1) is 10.7. The predicted octanol–water partition coefficient (Wildman–Crippen LogP) is 0.890. The van der Waals surface area contributed by atoms with Crippen molar-refractivity contribution in [2.45, 2.75) is 26.8 Å². The lowest BCUT2D eigenvalue weighted by molar-refractivity contribution is 0.572. The summed E-state index contributed by atoms with van der Waals surface area (Å²) in [6.45, 7) is 8.80. The van der Waals surface area contributed by atoms with E-state index in [1.807, 2.05) is 0 Å². The van der Waals surface area contributed by atoms with Crippen LogP contribution in [0.2, 0.25) is 0 Å². The zero-order valence-corrected chi connectivity index (χ0v) is 8.03. The molecule has 0 atom stereocenters. The van der Waals surface area contributed by atoms with Crippen LogP contribution >= 0.6 is 0 Å². The van der Waals surface area contributed by atoms with Crippen LogP contribution in [0.3, 0.4) is 0 Å². The Morgan fingerprint density at radius 3 is 2.27 bits per heavy atom. The van der Waals surface area contributed by atoms with Gasteiger partial charge in [-0.1, -0.05) is 12.2 Å². The minimum Gasteiger partial charge on any atom is -0.212 e. The van der Waals surface area contributed by atoms with Crippen LogP contribution in [0, 0.1) is 0 Å². The van der Waals surface area contributed by atoms with Crippen LogP contribution in [0.1, 0.15) is 20.8 Å². The largest absolute Gasteiger partial charge is 0.215 e. The van der Waals surface area contributed by atoms with E-state index >= 15 is 0 Å². The van der Waals surface area contributed by atoms with Gasteiger partial charge in [0.25, 0.3) is 0 Å². The molecule has 4 heteroatoms. The number of nitrogens with one attached hydrogen (secondary N) is 1. The normalized spacial score (nSPS) is 12.0. The number of sulfonamides is 1. The van der Waals surface area contributed by atoms with Gasteiger partial charge in [-0.2, -0.15) is 0 Å². The molecule has 0 aromatic rings. The Hall–Kier alpha value is -0.350. The van der Waals surface area contributed by atoms with E-state index in [1.165, 1.54) is 0 Å². The molecule has 0 rings (SSSR count). The third kappa shape index (κ3) is 6.06. The molecule has 0 heterocycles. The van der Waals surface area contributed by atoms with Gasteiger partial charge in [-0.15, -0.1) is 0 Å². The van der Waals surface area contributed by atoms with Crippen molar-refractivity contribution in [3.05, 3.63) is 12.2 Å². The molecule has 66 valence electrons. The Morgan fingerprint density at radius 1 is 1.55 bits per heavy atom. The van der Waals surface area contributed by atoms with E-state index in [2.05, 4.69) is 11.3 Å². The van der Waals surface area contributed by atoms with Gasteiger partial charge in [-0.25, -0.2) is 13.1 Å². The van der Waals surface area contributed by atoms with E-state index < -0.39 is 10.0 Å². The molecule has 11 heavy (non-hydrogen) atoms. The highest BCUT2D eigenvalue weighted by Gasteiger charge is 2.10. The lowest BCUT2D eigenvalue weighted by Gasteiger charge is -2.08. The smallest absolute Gasteiger partial charge is 0.212 e. The van der Waals surface area contributed by atoms with Crippen molar-refractivity contribution in [2.75, 3.05) is 5.75 Å². The molecule has 0 bridgehead atoms. The van der Waals surface area contributed by atoms with Crippen LogP contribution in [-0.4, -0.2) is 20.2 Å². The van der Waals surface area contributed by atoms with E-state index in [-0.39, 0.29) is 11.8 Å². The lowest BCUT2D eigenvalue weighted by Crippen LogP contribution is -2.32. The van der Waals surface area contributed by atoms with Gasteiger partial charge in [0.05, 0.1) is 5.75 Å². The number of hydrogen-bond acceptors (Lipinski definition) is 2. The molecule has 0 amide bonds. The van der Waals surface area contributed by atoms with Crippen molar-refractivity contribution >= 4 is 10.0 Å². The molecule has 0 aromatic carbocycles. The number of rotatable bonds is 4. The summed E-state index contributed by atoms with van der Waals surface area (Å²) in [5.74, 6) is 0.0190. The number of hydrogen-bond donors (Lipinski definition) is 1. The fourth-order valence-corrected chi connectivity index (χ4v) is 2.18. The van der Waals surface area contributed by atoms with Crippen LogP contribution < -0.4 is 4.72 Å². The monoisotopic (exact) mass is 177 g/mol. The molecule has 0 aromatic heterocycles. The van der Waals surface area contributed by atoms with Crippen LogP contribution in [0.25, 0.3) is 0 Å². The topological polar surface area (TPSA) is 46.2 Å². The van der Waals surface area contributed by atoms with Gasteiger partial charge in [-0.3, -0.25) is 0 Å². The average Bonchev–Trinajstić information content (AvgIpc) is 1.53. The van der Waals surface area contributed by atoms with Crippen molar-refractivity contribution in [2.24, 2.45) is 0 Å². The molecular formula is C7H15NO2S. The molecule has 0 saturated heterocycles. The molecule has 0 aliphatic rings. The minimum absolute atomic E-state index is 0.0190. The summed E-state index contributed by atoms with van der Waals surface area (Å²) >= 11 is 0. The summed E-state index contributed by atoms with van der Waals surface area (Å²) < 4.78 is 24.6. The third-order valence-electron chi connectivity index (χ3n) is 0.852. The van der Waals surface area contributed by atoms with E-state index in [1.54, 1.807) is 20.8 Å². The average molecular weight is 177 g/mol. The molecule has 0 radical (unpaired) electrons. The highest BCUT2D eigenvalue weighted by molar-refractivity contribution is 7.89. The first-order valence-corrected chi connectivity index (χ1v) is 5.13. The lowest BCUT2D eigenvalue weighted by atomic mass is 10.4. The van der Waals surface area contributed by atoms with Crippen molar-refractivity contribution in [1.82, 2.24) is 4.72 Å². The molecular weight excluding hydrogens is 162 g/mol. The molecule has 0 aliphatic carbocycles. The third-order valence-corrected chi connectivity index (χ3v) is 2.56. The molecule has 0 fully saturated rings. The van der Waals surface area contributed by atoms with Gasteiger partial charge in [0.15, 0.2) is 0 Å². The molecule has 0 spiro atoms. The van der Waals surface area contributed by atoms with Gasteiger partial charge >= 0.3 is 0 Å². The maximum atomic E-state index is 11.1. The highest BCUT2D eigenvalue weighted by atomic mass is 32.2. The summed E-state index contributed by atoms with van der Waals surface area (Å²) in [5.41, 5.74) is 0.651. The Labute approximate surface area is 68.5 Å². The predicted molar refractivity (Wildman–Crippen MR) is 46.9 cm³/mol. The summed E-state index contributed by atoms with van der Waals surface area (Å²) in [5, 5.41) is 0. The van der Waals surface area contributed by atoms with Crippen LogP contribution in [0.4, 0.5) is 0 Å². The van der Waals surface area contributed by atoms with Gasteiger partial charge in [0, 0.05) is 6.04 Å². The van der Waals surface area contributed by atoms with Crippen molar-refractivity contribution in [3.63, 3.8) is 0 Å². The van der Waals surface area contributed by atoms with E-state index in [0.29, 0.717) is 5.57 Å². The molecule has 0 unspecified atom stereocenters. The van der Waals surface area contributed by atoms with Crippen LogP contribution in [0.5, 0.6) is 0 Å². The van der Waals surface area contributed by atoms with Gasteiger partial charge in [0.1, 0.15) is 0 Å². The molecule has 3 nitrogen and oxygen atoms in total. The fourth-order valence-electron chi connectivity index (χ4n) is 0.725. The summed E-state index contributed by atoms with van der Waals surface area (Å²) in [6.07, 6.45) is 0. The summed E-state index contributed by atoms with van der Waals surface area (Å²) in [4.78, 5) is 0.